The third-order valence-electron chi connectivity index (χ3n) is 2.31. The van der Waals surface area contributed by atoms with Gasteiger partial charge in [0.25, 0.3) is 0 Å². The van der Waals surface area contributed by atoms with Crippen LogP contribution in [0.4, 0.5) is 14.5 Å². The van der Waals surface area contributed by atoms with Crippen molar-refractivity contribution in [1.29, 1.82) is 0 Å². The lowest BCUT2D eigenvalue weighted by molar-refractivity contribution is 0.234. The normalized spacial score (nSPS) is 11.8. The van der Waals surface area contributed by atoms with Crippen LogP contribution < -0.4 is 5.32 Å². The van der Waals surface area contributed by atoms with Crippen LogP contribution in [0.25, 0.3) is 0 Å². The van der Waals surface area contributed by atoms with Crippen LogP contribution in [0.15, 0.2) is 29.2 Å². The largest absolute Gasteiger partial charge is 0.385 e. The lowest BCUT2D eigenvalue weighted by atomic mass is 10.3. The zero-order chi connectivity index (χ0) is 13.6. The van der Waals surface area contributed by atoms with E-state index in [9.17, 15) is 17.2 Å². The highest BCUT2D eigenvalue weighted by Gasteiger charge is 2.26. The number of rotatable bonds is 7. The molecule has 3 nitrogen and oxygen atoms in total. The van der Waals surface area contributed by atoms with Gasteiger partial charge in [0, 0.05) is 18.1 Å². The van der Waals surface area contributed by atoms with Gasteiger partial charge < -0.3 is 5.32 Å². The van der Waals surface area contributed by atoms with E-state index in [-0.39, 0.29) is 4.90 Å². The molecule has 0 aromatic heterocycles. The van der Waals surface area contributed by atoms with Gasteiger partial charge in [0.2, 0.25) is 9.84 Å². The van der Waals surface area contributed by atoms with Crippen LogP contribution in [0, 0.1) is 0 Å². The number of hydrogen-bond acceptors (Lipinski definition) is 3. The van der Waals surface area contributed by atoms with Crippen LogP contribution >= 0.6 is 11.6 Å². The maximum Gasteiger partial charge on any atom is 0.341 e. The van der Waals surface area contributed by atoms with Crippen LogP contribution in [-0.2, 0) is 9.84 Å². The Hall–Kier alpha value is -0.880. The molecule has 1 aromatic rings. The molecule has 18 heavy (non-hydrogen) atoms. The predicted molar refractivity (Wildman–Crippen MR) is 68.1 cm³/mol. The Morgan fingerprint density at radius 2 is 1.78 bits per heavy atom. The standard InChI is InChI=1S/C11H14ClF2NO2S/c12-7-1-2-8-15-9-3-5-10(6-4-9)18(16,17)11(13)14/h3-6,11,15H,1-2,7-8H2. The van der Waals surface area contributed by atoms with Crippen LogP contribution in [0.2, 0.25) is 0 Å². The summed E-state index contributed by atoms with van der Waals surface area (Å²) in [5.74, 6) is -2.80. The lowest BCUT2D eigenvalue weighted by Crippen LogP contribution is -2.11. The van der Waals surface area contributed by atoms with Gasteiger partial charge in [0.05, 0.1) is 4.90 Å². The quantitative estimate of drug-likeness (QED) is 0.621. The van der Waals surface area contributed by atoms with E-state index in [1.807, 2.05) is 0 Å². The highest BCUT2D eigenvalue weighted by atomic mass is 35.5. The Kier molecular flexibility index (Phi) is 5.81. The topological polar surface area (TPSA) is 46.2 Å². The first kappa shape index (κ1) is 15.2. The minimum absolute atomic E-state index is 0.371. The summed E-state index contributed by atoms with van der Waals surface area (Å²) in [5, 5.41) is 3.05. The number of benzene rings is 1. The van der Waals surface area contributed by atoms with Crippen LogP contribution in [-0.4, -0.2) is 26.6 Å². The molecule has 0 atom stereocenters. The van der Waals surface area contributed by atoms with Gasteiger partial charge in [-0.05, 0) is 37.1 Å². The van der Waals surface area contributed by atoms with Crippen LogP contribution in [0.5, 0.6) is 0 Å². The summed E-state index contributed by atoms with van der Waals surface area (Å²) in [5.41, 5.74) is 0.692. The van der Waals surface area contributed by atoms with Crippen molar-refractivity contribution >= 4 is 27.1 Å². The minimum atomic E-state index is -4.50. The molecule has 0 fully saturated rings. The van der Waals surface area contributed by atoms with Crippen molar-refractivity contribution in [3.8, 4) is 0 Å². The van der Waals surface area contributed by atoms with Gasteiger partial charge in [-0.25, -0.2) is 8.42 Å². The number of alkyl halides is 3. The first-order valence-electron chi connectivity index (χ1n) is 5.40. The van der Waals surface area contributed by atoms with Crippen LogP contribution in [0.3, 0.4) is 0 Å². The zero-order valence-electron chi connectivity index (χ0n) is 9.57. The molecule has 0 bridgehead atoms. The monoisotopic (exact) mass is 297 g/mol. The first-order chi connectivity index (χ1) is 8.48. The van der Waals surface area contributed by atoms with Crippen molar-refractivity contribution in [3.05, 3.63) is 24.3 Å². The molecule has 0 aliphatic carbocycles. The van der Waals surface area contributed by atoms with Gasteiger partial charge in [-0.2, -0.15) is 8.78 Å². The summed E-state index contributed by atoms with van der Waals surface area (Å²) in [6.45, 7) is 0.702. The second-order valence-corrected chi connectivity index (χ2v) is 5.95. The fourth-order valence-electron chi connectivity index (χ4n) is 1.32. The van der Waals surface area contributed by atoms with Gasteiger partial charge in [-0.15, -0.1) is 11.6 Å². The predicted octanol–water partition coefficient (Wildman–Crippen LogP) is 3.11. The van der Waals surface area contributed by atoms with E-state index in [0.29, 0.717) is 18.1 Å². The second-order valence-electron chi connectivity index (χ2n) is 3.65. The molecule has 0 unspecified atom stereocenters. The van der Waals surface area contributed by atoms with Crippen LogP contribution in [0.1, 0.15) is 12.8 Å². The molecule has 1 aromatic carbocycles. The number of halogens is 3. The van der Waals surface area contributed by atoms with Gasteiger partial charge in [-0.1, -0.05) is 0 Å². The summed E-state index contributed by atoms with van der Waals surface area (Å²) < 4.78 is 46.9. The summed E-state index contributed by atoms with van der Waals surface area (Å²) in [7, 11) is -4.50. The highest BCUT2D eigenvalue weighted by molar-refractivity contribution is 7.91. The molecule has 7 heteroatoms. The van der Waals surface area contributed by atoms with Crippen molar-refractivity contribution in [2.24, 2.45) is 0 Å². The molecule has 0 aliphatic rings. The maximum absolute atomic E-state index is 12.3. The summed E-state index contributed by atoms with van der Waals surface area (Å²) >= 11 is 5.52. The average molecular weight is 298 g/mol. The van der Waals surface area contributed by atoms with Crippen molar-refractivity contribution in [2.75, 3.05) is 17.7 Å². The van der Waals surface area contributed by atoms with Crippen molar-refractivity contribution in [3.63, 3.8) is 0 Å². The fourth-order valence-corrected chi connectivity index (χ4v) is 2.23. The number of nitrogens with one attached hydrogen (secondary N) is 1. The van der Waals surface area contributed by atoms with E-state index in [2.05, 4.69) is 5.32 Å². The van der Waals surface area contributed by atoms with E-state index in [0.717, 1.165) is 12.8 Å². The molecule has 1 rings (SSSR count). The van der Waals surface area contributed by atoms with Crippen molar-refractivity contribution in [2.45, 2.75) is 23.5 Å². The second kappa shape index (κ2) is 6.89. The van der Waals surface area contributed by atoms with Crippen molar-refractivity contribution in [1.82, 2.24) is 0 Å². The number of sulfone groups is 1. The first-order valence-corrected chi connectivity index (χ1v) is 7.48. The zero-order valence-corrected chi connectivity index (χ0v) is 11.1. The molecule has 1 N–H and O–H groups in total. The lowest BCUT2D eigenvalue weighted by Gasteiger charge is -2.07. The number of unbranched alkanes of at least 4 members (excludes halogenated alkanes) is 1. The molecular weight excluding hydrogens is 284 g/mol. The fraction of sp³-hybridized carbons (Fsp3) is 0.455. The molecule has 102 valence electrons. The molecule has 0 saturated heterocycles. The minimum Gasteiger partial charge on any atom is -0.385 e. The Morgan fingerprint density at radius 3 is 2.28 bits per heavy atom. The van der Waals surface area contributed by atoms with E-state index in [1.54, 1.807) is 0 Å². The summed E-state index contributed by atoms with van der Waals surface area (Å²) in [4.78, 5) is -0.371. The Balaban J connectivity index is 2.63. The Morgan fingerprint density at radius 1 is 1.17 bits per heavy atom. The highest BCUT2D eigenvalue weighted by Crippen LogP contribution is 2.20. The molecule has 0 spiro atoms. The maximum atomic E-state index is 12.3. The molecular formula is C11H14ClF2NO2S. The van der Waals surface area contributed by atoms with E-state index < -0.39 is 15.6 Å². The number of hydrogen-bond donors (Lipinski definition) is 1. The average Bonchev–Trinajstić information content (AvgIpc) is 2.35. The molecule has 0 aliphatic heterocycles. The van der Waals surface area contributed by atoms with Gasteiger partial charge in [-0.3, -0.25) is 0 Å². The third-order valence-corrected chi connectivity index (χ3v) is 3.97. The van der Waals surface area contributed by atoms with Gasteiger partial charge in [0.1, 0.15) is 0 Å². The molecule has 0 saturated carbocycles. The van der Waals surface area contributed by atoms with Gasteiger partial charge >= 0.3 is 5.76 Å². The third kappa shape index (κ3) is 4.10. The van der Waals surface area contributed by atoms with E-state index in [4.69, 9.17) is 11.6 Å². The van der Waals surface area contributed by atoms with Crippen molar-refractivity contribution < 1.29 is 17.2 Å². The summed E-state index contributed by atoms with van der Waals surface area (Å²) in [6, 6.07) is 5.28. The SMILES string of the molecule is O=S(=O)(c1ccc(NCCCCCl)cc1)C(F)F. The Labute approximate surface area is 110 Å². The number of anilines is 1. The van der Waals surface area contributed by atoms with E-state index in [1.165, 1.54) is 24.3 Å². The molecule has 0 radical (unpaired) electrons. The van der Waals surface area contributed by atoms with E-state index >= 15 is 0 Å². The Bertz CT molecular complexity index is 462. The molecule has 0 amide bonds. The smallest absolute Gasteiger partial charge is 0.341 e. The van der Waals surface area contributed by atoms with Gasteiger partial charge in [0.15, 0.2) is 0 Å². The summed E-state index contributed by atoms with van der Waals surface area (Å²) in [6.07, 6.45) is 1.77. The molecule has 0 heterocycles.